The molecule has 0 bridgehead atoms. The van der Waals surface area contributed by atoms with Crippen molar-refractivity contribution in [3.63, 3.8) is 0 Å². The highest BCUT2D eigenvalue weighted by atomic mass is 79.9. The van der Waals surface area contributed by atoms with Gasteiger partial charge >= 0.3 is 6.18 Å². The number of hydrogen-bond acceptors (Lipinski definition) is 3. The lowest BCUT2D eigenvalue weighted by atomic mass is 10.2. The molecule has 1 aromatic rings. The molecule has 0 radical (unpaired) electrons. The van der Waals surface area contributed by atoms with E-state index in [2.05, 4.69) is 21.2 Å². The maximum atomic E-state index is 12.2. The van der Waals surface area contributed by atoms with Crippen LogP contribution >= 0.6 is 15.9 Å². The summed E-state index contributed by atoms with van der Waals surface area (Å²) >= 11 is 3.22. The first-order valence-electron chi connectivity index (χ1n) is 4.86. The first-order chi connectivity index (χ1) is 8.20. The second-order valence-corrected chi connectivity index (χ2v) is 4.51. The van der Waals surface area contributed by atoms with E-state index in [0.29, 0.717) is 17.5 Å². The second-order valence-electron chi connectivity index (χ2n) is 3.60. The van der Waals surface area contributed by atoms with Crippen molar-refractivity contribution in [2.45, 2.75) is 13.1 Å². The van der Waals surface area contributed by atoms with Gasteiger partial charge in [0.15, 0.2) is 0 Å². The number of nitrogens with two attached hydrogens (primary N) is 1. The molecule has 3 nitrogen and oxygen atoms in total. The molecule has 1 aromatic carbocycles. The van der Waals surface area contributed by atoms with Gasteiger partial charge in [-0.15, -0.1) is 0 Å². The van der Waals surface area contributed by atoms with Crippen LogP contribution in [-0.4, -0.2) is 11.9 Å². The normalized spacial score (nSPS) is 12.4. The number of allylic oxidation sites excluding steroid dienone is 2. The summed E-state index contributed by atoms with van der Waals surface area (Å²) in [6, 6.07) is 4.97. The van der Waals surface area contributed by atoms with Crippen LogP contribution in [0, 0.1) is 5.41 Å². The number of nitrogen functional groups attached to an aromatic ring is 1. The fourth-order valence-electron chi connectivity index (χ4n) is 1.19. The Balaban J connectivity index is 2.85. The van der Waals surface area contributed by atoms with Crippen LogP contribution < -0.4 is 11.1 Å². The van der Waals surface area contributed by atoms with E-state index in [0.717, 1.165) is 4.47 Å². The Kier molecular flexibility index (Phi) is 4.39. The van der Waals surface area contributed by atoms with E-state index in [9.17, 15) is 13.2 Å². The van der Waals surface area contributed by atoms with E-state index < -0.39 is 11.9 Å². The van der Waals surface area contributed by atoms with Gasteiger partial charge in [-0.25, -0.2) is 0 Å². The van der Waals surface area contributed by atoms with Gasteiger partial charge in [-0.05, 0) is 31.2 Å². The summed E-state index contributed by atoms with van der Waals surface area (Å²) in [6.45, 7) is 1.43. The van der Waals surface area contributed by atoms with Crippen LogP contribution in [0.4, 0.5) is 24.5 Å². The zero-order valence-electron chi connectivity index (χ0n) is 9.40. The third kappa shape index (κ3) is 4.06. The second kappa shape index (κ2) is 5.43. The summed E-state index contributed by atoms with van der Waals surface area (Å²) in [6.07, 6.45) is -3.93. The van der Waals surface area contributed by atoms with Crippen molar-refractivity contribution >= 4 is 33.0 Å². The minimum absolute atomic E-state index is 0.186. The van der Waals surface area contributed by atoms with Gasteiger partial charge in [-0.2, -0.15) is 13.2 Å². The molecule has 1 rings (SSSR count). The Labute approximate surface area is 111 Å². The number of hydrogen-bond donors (Lipinski definition) is 3. The van der Waals surface area contributed by atoms with Crippen LogP contribution in [-0.2, 0) is 0 Å². The largest absolute Gasteiger partial charge is 0.432 e. The molecule has 0 amide bonds. The predicted octanol–water partition coefficient (Wildman–Crippen LogP) is 3.93. The van der Waals surface area contributed by atoms with Gasteiger partial charge in [0.1, 0.15) is 5.71 Å². The molecule has 0 aliphatic carbocycles. The summed E-state index contributed by atoms with van der Waals surface area (Å²) < 4.78 is 37.2. The van der Waals surface area contributed by atoms with Crippen LogP contribution in [0.25, 0.3) is 0 Å². The lowest BCUT2D eigenvalue weighted by Crippen LogP contribution is -2.20. The molecule has 0 aromatic heterocycles. The average Bonchev–Trinajstić information content (AvgIpc) is 2.20. The van der Waals surface area contributed by atoms with E-state index in [-0.39, 0.29) is 5.70 Å². The van der Waals surface area contributed by atoms with E-state index >= 15 is 0 Å². The van der Waals surface area contributed by atoms with Gasteiger partial charge in [0.05, 0.1) is 11.4 Å². The van der Waals surface area contributed by atoms with Crippen molar-refractivity contribution in [2.24, 2.45) is 0 Å². The number of benzene rings is 1. The van der Waals surface area contributed by atoms with Gasteiger partial charge in [-0.3, -0.25) is 5.41 Å². The van der Waals surface area contributed by atoms with Crippen molar-refractivity contribution < 1.29 is 13.2 Å². The Bertz CT molecular complexity index is 495. The van der Waals surface area contributed by atoms with Gasteiger partial charge in [-0.1, -0.05) is 15.9 Å². The van der Waals surface area contributed by atoms with Gasteiger partial charge in [0.25, 0.3) is 0 Å². The number of rotatable bonds is 3. The Morgan fingerprint density at radius 1 is 1.44 bits per heavy atom. The maximum absolute atomic E-state index is 12.2. The summed E-state index contributed by atoms with van der Waals surface area (Å²) in [7, 11) is 0. The first-order valence-corrected chi connectivity index (χ1v) is 5.65. The summed E-state index contributed by atoms with van der Waals surface area (Å²) in [5.41, 5.74) is 5.35. The maximum Gasteiger partial charge on any atom is 0.432 e. The topological polar surface area (TPSA) is 61.9 Å². The Morgan fingerprint density at radius 3 is 2.56 bits per heavy atom. The molecular formula is C11H11BrF3N3. The molecule has 0 atom stereocenters. The zero-order chi connectivity index (χ0) is 13.9. The highest BCUT2D eigenvalue weighted by Gasteiger charge is 2.32. The van der Waals surface area contributed by atoms with Gasteiger partial charge < -0.3 is 11.1 Å². The van der Waals surface area contributed by atoms with Crippen LogP contribution in [0.15, 0.2) is 34.4 Å². The highest BCUT2D eigenvalue weighted by molar-refractivity contribution is 9.10. The van der Waals surface area contributed by atoms with Crippen molar-refractivity contribution in [2.75, 3.05) is 11.1 Å². The van der Waals surface area contributed by atoms with E-state index in [1.54, 1.807) is 18.2 Å². The molecule has 0 aliphatic rings. The van der Waals surface area contributed by atoms with Crippen molar-refractivity contribution in [1.29, 1.82) is 5.41 Å². The molecule has 4 N–H and O–H groups in total. The molecule has 7 heteroatoms. The monoisotopic (exact) mass is 321 g/mol. The van der Waals surface area contributed by atoms with Crippen LogP contribution in [0.1, 0.15) is 6.92 Å². The third-order valence-electron chi connectivity index (χ3n) is 2.01. The Hall–Kier alpha value is -1.50. The standard InChI is InChI=1S/C11H11BrF3N3/c1-6(4-10(17)11(13,14)15)18-9-3-2-7(12)5-8(9)16/h2-5,17-18H,16H2,1H3/b6-4-,17-10?. The molecule has 0 spiro atoms. The summed E-state index contributed by atoms with van der Waals surface area (Å²) in [4.78, 5) is 0. The average molecular weight is 322 g/mol. The van der Waals surface area contributed by atoms with Crippen molar-refractivity contribution in [1.82, 2.24) is 0 Å². The van der Waals surface area contributed by atoms with E-state index in [1.807, 2.05) is 0 Å². The predicted molar refractivity (Wildman–Crippen MR) is 69.7 cm³/mol. The molecule has 0 fully saturated rings. The fourth-order valence-corrected chi connectivity index (χ4v) is 1.57. The van der Waals surface area contributed by atoms with E-state index in [4.69, 9.17) is 11.1 Å². The van der Waals surface area contributed by atoms with Crippen LogP contribution in [0.3, 0.4) is 0 Å². The lowest BCUT2D eigenvalue weighted by Gasteiger charge is -2.11. The van der Waals surface area contributed by atoms with E-state index in [1.165, 1.54) is 6.92 Å². The smallest absolute Gasteiger partial charge is 0.397 e. The molecular weight excluding hydrogens is 311 g/mol. The molecule has 0 saturated carbocycles. The number of alkyl halides is 3. The van der Waals surface area contributed by atoms with Crippen LogP contribution in [0.5, 0.6) is 0 Å². The number of nitrogens with one attached hydrogen (secondary N) is 2. The molecule has 0 aliphatic heterocycles. The minimum atomic E-state index is -4.64. The van der Waals surface area contributed by atoms with Crippen molar-refractivity contribution in [3.8, 4) is 0 Å². The SMILES string of the molecule is C/C(=C/C(=N)C(F)(F)F)Nc1ccc(Br)cc1N. The third-order valence-corrected chi connectivity index (χ3v) is 2.50. The molecule has 0 heterocycles. The first kappa shape index (κ1) is 14.6. The minimum Gasteiger partial charge on any atom is -0.397 e. The summed E-state index contributed by atoms with van der Waals surface area (Å²) in [5.74, 6) is 0. The Morgan fingerprint density at radius 2 is 2.06 bits per heavy atom. The number of anilines is 2. The molecule has 0 unspecified atom stereocenters. The van der Waals surface area contributed by atoms with Crippen molar-refractivity contribution in [3.05, 3.63) is 34.4 Å². The molecule has 0 saturated heterocycles. The zero-order valence-corrected chi connectivity index (χ0v) is 11.0. The highest BCUT2D eigenvalue weighted by Crippen LogP contribution is 2.24. The van der Waals surface area contributed by atoms with Gasteiger partial charge in [0.2, 0.25) is 0 Å². The lowest BCUT2D eigenvalue weighted by molar-refractivity contribution is -0.0584. The molecule has 18 heavy (non-hydrogen) atoms. The van der Waals surface area contributed by atoms with Crippen LogP contribution in [0.2, 0.25) is 0 Å². The summed E-state index contributed by atoms with van der Waals surface area (Å²) in [5, 5.41) is 9.56. The van der Waals surface area contributed by atoms with Gasteiger partial charge in [0, 0.05) is 10.2 Å². The molecule has 98 valence electrons. The quantitative estimate of drug-likeness (QED) is 0.583. The fraction of sp³-hybridized carbons (Fsp3) is 0.182. The number of halogens is 4.